The van der Waals surface area contributed by atoms with E-state index < -0.39 is 35.9 Å². The van der Waals surface area contributed by atoms with E-state index in [0.717, 1.165) is 25.7 Å². The zero-order valence-corrected chi connectivity index (χ0v) is 31.4. The molecule has 1 aliphatic rings. The van der Waals surface area contributed by atoms with Crippen LogP contribution in [0, 0.1) is 11.3 Å². The van der Waals surface area contributed by atoms with E-state index in [1.54, 1.807) is 18.2 Å². The van der Waals surface area contributed by atoms with Crippen LogP contribution < -0.4 is 40.2 Å². The predicted octanol–water partition coefficient (Wildman–Crippen LogP) is 2.13. The van der Waals surface area contributed by atoms with E-state index in [9.17, 15) is 24.0 Å². The summed E-state index contributed by atoms with van der Waals surface area (Å²) in [5.41, 5.74) is 0.746. The molecule has 0 unspecified atom stereocenters. The number of aromatic nitrogens is 1. The van der Waals surface area contributed by atoms with Gasteiger partial charge in [-0.1, -0.05) is 71.2 Å². The second-order valence-electron chi connectivity index (χ2n) is 13.6. The fraction of sp³-hybridized carbons (Fsp3) is 0.629. The van der Waals surface area contributed by atoms with Gasteiger partial charge in [-0.15, -0.1) is 0 Å². The molecule has 0 spiro atoms. The summed E-state index contributed by atoms with van der Waals surface area (Å²) < 4.78 is 14.4. The number of methoxy groups -OCH3 is 1. The van der Waals surface area contributed by atoms with Crippen LogP contribution in [0.4, 0.5) is 4.79 Å². The summed E-state index contributed by atoms with van der Waals surface area (Å²) >= 11 is 0. The van der Waals surface area contributed by atoms with Gasteiger partial charge in [0.05, 0.1) is 14.0 Å². The van der Waals surface area contributed by atoms with Crippen LogP contribution in [0.1, 0.15) is 99.8 Å². The number of ether oxygens (including phenoxy) is 1. The molecule has 2 aromatic rings. The van der Waals surface area contributed by atoms with E-state index in [2.05, 4.69) is 10.6 Å². The second-order valence-corrected chi connectivity index (χ2v) is 13.6. The number of fused-ring (bicyclic) bond motifs is 1. The van der Waals surface area contributed by atoms with Crippen LogP contribution in [-0.4, -0.2) is 76.3 Å². The second kappa shape index (κ2) is 19.3. The van der Waals surface area contributed by atoms with E-state index in [1.165, 1.54) is 17.9 Å². The van der Waals surface area contributed by atoms with E-state index in [1.807, 2.05) is 52.7 Å². The Kier molecular flexibility index (Phi) is 16.6. The van der Waals surface area contributed by atoms with Gasteiger partial charge in [0, 0.05) is 42.4 Å². The number of rotatable bonds is 13. The molecule has 256 valence electrons. The maximum Gasteiger partial charge on any atom is 1.00 e. The zero-order valence-electron chi connectivity index (χ0n) is 30.4. The number of unbranched alkanes of at least 4 members (excludes halogenated alkanes) is 1. The van der Waals surface area contributed by atoms with Crippen molar-refractivity contribution in [2.24, 2.45) is 11.3 Å². The molecule has 0 bridgehead atoms. The number of likely N-dealkylation sites (tertiary alicyclic amines) is 1. The number of piperidine rings is 1. The van der Waals surface area contributed by atoms with Gasteiger partial charge in [0.2, 0.25) is 17.7 Å². The molecule has 1 aromatic carbocycles. The zero-order chi connectivity index (χ0) is 34.2. The average molecular weight is 665 g/mol. The summed E-state index contributed by atoms with van der Waals surface area (Å²) in [6.07, 6.45) is 8.02. The third-order valence-electron chi connectivity index (χ3n) is 8.60. The molecule has 3 amide bonds. The molecular weight excluding hydrogens is 611 g/mol. The first-order valence-corrected chi connectivity index (χ1v) is 16.2. The van der Waals surface area contributed by atoms with Crippen molar-refractivity contribution in [1.82, 2.24) is 20.1 Å². The van der Waals surface area contributed by atoms with E-state index in [4.69, 9.17) is 6.11 Å². The van der Waals surface area contributed by atoms with Crippen molar-refractivity contribution in [2.75, 3.05) is 7.11 Å². The molecule has 1 saturated heterocycles. The fourth-order valence-corrected chi connectivity index (χ4v) is 6.38. The van der Waals surface area contributed by atoms with Crippen molar-refractivity contribution in [3.8, 4) is 0 Å². The number of carbonyl (C=O) groups is 4. The van der Waals surface area contributed by atoms with Gasteiger partial charge in [0.25, 0.3) is 0 Å². The SMILES string of the molecule is [2H]c1ccc2c(c1)c(C[C@@H](NC(=O)[C@@H](CC(=O)N1[C@H](C)CCC[C@@H]1C)CC(C)(C)C)C(=O)N[C@@H]([C-]=O)CCCC)cn2C(=O)OC.[Na+].[OH-]. The predicted molar refractivity (Wildman–Crippen MR) is 176 cm³/mol. The van der Waals surface area contributed by atoms with Gasteiger partial charge in [0.1, 0.15) is 6.04 Å². The Balaban J connectivity index is 0.00000576. The van der Waals surface area contributed by atoms with Crippen LogP contribution in [0.5, 0.6) is 0 Å². The molecule has 0 saturated carbocycles. The smallest absolute Gasteiger partial charge is 0.870 e. The molecule has 0 aliphatic carbocycles. The number of para-hydroxylation sites is 1. The van der Waals surface area contributed by atoms with E-state index in [-0.39, 0.29) is 77.3 Å². The number of hydrogen-bond acceptors (Lipinski definition) is 7. The molecule has 3 rings (SSSR count). The molecule has 3 N–H and O–H groups in total. The average Bonchev–Trinajstić information content (AvgIpc) is 3.34. The Bertz CT molecular complexity index is 1400. The summed E-state index contributed by atoms with van der Waals surface area (Å²) in [7, 11) is 1.26. The number of hydrogen-bond donors (Lipinski definition) is 2. The molecule has 5 atom stereocenters. The van der Waals surface area contributed by atoms with Crippen LogP contribution in [0.2, 0.25) is 0 Å². The van der Waals surface area contributed by atoms with Crippen molar-refractivity contribution in [2.45, 2.75) is 123 Å². The molecule has 1 aromatic heterocycles. The minimum atomic E-state index is -1.14. The Morgan fingerprint density at radius 1 is 1.11 bits per heavy atom. The van der Waals surface area contributed by atoms with Gasteiger partial charge in [-0.25, -0.2) is 11.1 Å². The first-order valence-electron chi connectivity index (χ1n) is 16.7. The summed E-state index contributed by atoms with van der Waals surface area (Å²) in [4.78, 5) is 67.7. The molecule has 12 heteroatoms. The first kappa shape index (κ1) is 40.4. The maximum absolute atomic E-state index is 14.1. The first-order chi connectivity index (χ1) is 21.7. The van der Waals surface area contributed by atoms with Crippen LogP contribution in [-0.2, 0) is 30.3 Å². The molecule has 11 nitrogen and oxygen atoms in total. The van der Waals surface area contributed by atoms with Crippen LogP contribution in [0.3, 0.4) is 0 Å². The third-order valence-corrected chi connectivity index (χ3v) is 8.60. The van der Waals surface area contributed by atoms with Gasteiger partial charge in [-0.2, -0.15) is 0 Å². The molecule has 1 fully saturated rings. The summed E-state index contributed by atoms with van der Waals surface area (Å²) in [6, 6.07) is 3.16. The standard InChI is InChI=1S/C35H51N4O6.Na.H2O/c1-8-9-15-27(22-40)36-33(43)29(18-26-21-38(34(44)45-7)30-17-11-10-16-28(26)30)37-32(42)25(20-35(4,5)6)19-31(41)39-23(2)13-12-14-24(39)3;;/h10-11,16-17,21,23-25,27,29H,8-9,12-15,18-20H2,1-7H3,(H,36,43)(H,37,42);;1H2/q-1;+1;/p-1/t23-,24+,25-,27+,29+;;/m0../s1/i10D;;. The van der Waals surface area contributed by atoms with E-state index in [0.29, 0.717) is 35.7 Å². The molecule has 1 aliphatic heterocycles. The minimum Gasteiger partial charge on any atom is -0.870 e. The normalized spacial score (nSPS) is 18.4. The van der Waals surface area contributed by atoms with Crippen molar-refractivity contribution in [3.63, 3.8) is 0 Å². The summed E-state index contributed by atoms with van der Waals surface area (Å²) in [5.74, 6) is -1.78. The summed E-state index contributed by atoms with van der Waals surface area (Å²) in [5, 5.41) is 6.20. The Hall–Kier alpha value is -2.73. The van der Waals surface area contributed by atoms with Gasteiger partial charge >= 0.3 is 35.7 Å². The number of nitrogens with zero attached hydrogens (tertiary/aromatic N) is 2. The number of nitrogens with one attached hydrogen (secondary N) is 2. The van der Waals surface area contributed by atoms with Crippen LogP contribution in [0.25, 0.3) is 10.9 Å². The van der Waals surface area contributed by atoms with Crippen molar-refractivity contribution in [1.29, 1.82) is 0 Å². The van der Waals surface area contributed by atoms with Crippen LogP contribution in [0.15, 0.2) is 30.4 Å². The van der Waals surface area contributed by atoms with Crippen molar-refractivity contribution < 1.29 is 65.1 Å². The van der Waals surface area contributed by atoms with Gasteiger partial charge in [-0.3, -0.25) is 19.0 Å². The third kappa shape index (κ3) is 11.7. The van der Waals surface area contributed by atoms with Gasteiger partial charge < -0.3 is 30.5 Å². The molecular formula is C35H52N4NaO7-. The summed E-state index contributed by atoms with van der Waals surface area (Å²) in [6.45, 7) is 12.1. The quantitative estimate of drug-likeness (QED) is 0.245. The van der Waals surface area contributed by atoms with Crippen molar-refractivity contribution in [3.05, 3.63) is 36.0 Å². The topological polar surface area (TPSA) is 157 Å². The Morgan fingerprint density at radius 3 is 2.34 bits per heavy atom. The Morgan fingerprint density at radius 2 is 1.77 bits per heavy atom. The van der Waals surface area contributed by atoms with Crippen molar-refractivity contribution >= 4 is 41.0 Å². The molecule has 0 radical (unpaired) electrons. The van der Waals surface area contributed by atoms with Gasteiger partial charge in [0.15, 0.2) is 0 Å². The monoisotopic (exact) mass is 664 g/mol. The largest absolute Gasteiger partial charge is 1.00 e. The maximum atomic E-state index is 14.1. The fourth-order valence-electron chi connectivity index (χ4n) is 6.38. The number of carbonyl (C=O) groups excluding carboxylic acids is 5. The Labute approximate surface area is 302 Å². The molecule has 47 heavy (non-hydrogen) atoms. The number of benzene rings is 1. The minimum absolute atomic E-state index is 0. The molecule has 2 heterocycles. The number of amides is 3. The van der Waals surface area contributed by atoms with Crippen LogP contribution >= 0.6 is 0 Å². The van der Waals surface area contributed by atoms with E-state index >= 15 is 0 Å². The van der Waals surface area contributed by atoms with Gasteiger partial charge in [-0.05, 0) is 56.6 Å².